The van der Waals surface area contributed by atoms with Crippen molar-refractivity contribution >= 4 is 17.6 Å². The Morgan fingerprint density at radius 1 is 1.19 bits per heavy atom. The van der Waals surface area contributed by atoms with Crippen molar-refractivity contribution in [2.45, 2.75) is 51.4 Å². The summed E-state index contributed by atoms with van der Waals surface area (Å²) in [4.78, 5) is 39.9. The Morgan fingerprint density at radius 3 is 2.58 bits per heavy atom. The molecule has 2 aromatic rings. The lowest BCUT2D eigenvalue weighted by Gasteiger charge is -2.41. The van der Waals surface area contributed by atoms with Gasteiger partial charge in [0.1, 0.15) is 18.2 Å². The summed E-state index contributed by atoms with van der Waals surface area (Å²) in [7, 11) is 0. The van der Waals surface area contributed by atoms with Crippen molar-refractivity contribution < 1.29 is 23.2 Å². The number of fused-ring (bicyclic) bond motifs is 5. The molecule has 0 saturated heterocycles. The van der Waals surface area contributed by atoms with Crippen LogP contribution in [0.4, 0.5) is 8.78 Å². The highest BCUT2D eigenvalue weighted by Gasteiger charge is 2.64. The van der Waals surface area contributed by atoms with Gasteiger partial charge in [0, 0.05) is 24.7 Å². The summed E-state index contributed by atoms with van der Waals surface area (Å²) in [5.74, 6) is -2.15. The van der Waals surface area contributed by atoms with Crippen LogP contribution in [0.2, 0.25) is 0 Å². The summed E-state index contributed by atoms with van der Waals surface area (Å²) in [6.45, 7) is 6.88. The first-order chi connectivity index (χ1) is 17.1. The molecule has 2 atom stereocenters. The minimum Gasteiger partial charge on any atom is -0.340 e. The third-order valence-electron chi connectivity index (χ3n) is 8.42. The number of carbonyl (C=O) groups is 3. The monoisotopic (exact) mass is 494 g/mol. The molecule has 0 N–H and O–H groups in total. The molecule has 1 aliphatic heterocycles. The van der Waals surface area contributed by atoms with Gasteiger partial charge in [-0.25, -0.2) is 8.78 Å². The molecule has 2 bridgehead atoms. The molecule has 3 aliphatic rings. The molecule has 0 spiro atoms. The van der Waals surface area contributed by atoms with E-state index in [1.165, 1.54) is 35.4 Å². The van der Waals surface area contributed by atoms with Crippen molar-refractivity contribution in [2.24, 2.45) is 5.41 Å². The van der Waals surface area contributed by atoms with E-state index in [1.54, 1.807) is 11.0 Å². The van der Waals surface area contributed by atoms with Gasteiger partial charge in [-0.05, 0) is 60.9 Å². The number of ketones is 1. The SMILES string of the molecule is CCN(C[C@@]12CC[C@@H](c3cc(-c4c(F)cccc4F)nnc31)C2(C)C)C(=O)CN1C=CC(=O)CC1=O. The maximum Gasteiger partial charge on any atom is 0.242 e. The van der Waals surface area contributed by atoms with Crippen LogP contribution in [-0.2, 0) is 19.8 Å². The molecule has 5 rings (SSSR count). The maximum absolute atomic E-state index is 14.4. The van der Waals surface area contributed by atoms with Gasteiger partial charge in [-0.3, -0.25) is 14.4 Å². The summed E-state index contributed by atoms with van der Waals surface area (Å²) in [5.41, 5.74) is 0.930. The van der Waals surface area contributed by atoms with E-state index in [4.69, 9.17) is 0 Å². The number of carbonyl (C=O) groups excluding carboxylic acids is 3. The van der Waals surface area contributed by atoms with Gasteiger partial charge < -0.3 is 9.80 Å². The van der Waals surface area contributed by atoms with E-state index in [-0.39, 0.29) is 47.2 Å². The zero-order valence-corrected chi connectivity index (χ0v) is 20.6. The van der Waals surface area contributed by atoms with Crippen molar-refractivity contribution in [2.75, 3.05) is 19.6 Å². The summed E-state index contributed by atoms with van der Waals surface area (Å²) < 4.78 is 28.9. The van der Waals surface area contributed by atoms with Crippen molar-refractivity contribution in [1.29, 1.82) is 0 Å². The number of likely N-dealkylation sites (N-methyl/N-ethyl adjacent to an activating group) is 1. The lowest BCUT2D eigenvalue weighted by atomic mass is 9.68. The second kappa shape index (κ2) is 8.57. The third kappa shape index (κ3) is 3.55. The lowest BCUT2D eigenvalue weighted by molar-refractivity contribution is -0.141. The smallest absolute Gasteiger partial charge is 0.242 e. The minimum absolute atomic E-state index is 0.114. The lowest BCUT2D eigenvalue weighted by Crippen LogP contribution is -2.50. The van der Waals surface area contributed by atoms with E-state index in [0.717, 1.165) is 24.1 Å². The Labute approximate surface area is 208 Å². The van der Waals surface area contributed by atoms with Gasteiger partial charge in [-0.2, -0.15) is 10.2 Å². The Hall–Kier alpha value is -3.49. The molecule has 36 heavy (non-hydrogen) atoms. The van der Waals surface area contributed by atoms with E-state index >= 15 is 0 Å². The van der Waals surface area contributed by atoms with Gasteiger partial charge in [0.2, 0.25) is 11.8 Å². The van der Waals surface area contributed by atoms with Crippen LogP contribution in [0.1, 0.15) is 57.2 Å². The van der Waals surface area contributed by atoms with Gasteiger partial charge in [0.25, 0.3) is 0 Å². The molecule has 2 amide bonds. The van der Waals surface area contributed by atoms with E-state index in [2.05, 4.69) is 24.0 Å². The summed E-state index contributed by atoms with van der Waals surface area (Å²) in [5, 5.41) is 8.75. The van der Waals surface area contributed by atoms with E-state index in [1.807, 2.05) is 6.92 Å². The standard InChI is InChI=1S/C27H28F2N4O3/c1-4-32(23(36)14-33-11-9-16(34)12-22(33)35)15-27-10-8-18(26(27,2)3)17-13-21(30-31-25(17)27)24-19(28)6-5-7-20(24)29/h5-7,9,11,13,18H,4,8,10,12,14-15H2,1-3H3/t18-,27-/m0/s1. The van der Waals surface area contributed by atoms with Crippen LogP contribution in [0, 0.1) is 17.0 Å². The first-order valence-corrected chi connectivity index (χ1v) is 12.2. The van der Waals surface area contributed by atoms with Gasteiger partial charge in [0.15, 0.2) is 5.78 Å². The van der Waals surface area contributed by atoms with Crippen LogP contribution in [-0.4, -0.2) is 57.2 Å². The molecular weight excluding hydrogens is 466 g/mol. The van der Waals surface area contributed by atoms with E-state index in [9.17, 15) is 23.2 Å². The maximum atomic E-state index is 14.4. The fourth-order valence-electron chi connectivity index (χ4n) is 6.30. The van der Waals surface area contributed by atoms with Crippen LogP contribution in [0.5, 0.6) is 0 Å². The second-order valence-corrected chi connectivity index (χ2v) is 10.4. The summed E-state index contributed by atoms with van der Waals surface area (Å²) in [6, 6.07) is 5.47. The van der Waals surface area contributed by atoms with Crippen molar-refractivity contribution in [3.05, 3.63) is 59.4 Å². The van der Waals surface area contributed by atoms with Crippen LogP contribution < -0.4 is 0 Å². The highest BCUT2D eigenvalue weighted by Crippen LogP contribution is 2.67. The highest BCUT2D eigenvalue weighted by atomic mass is 19.1. The molecule has 2 aliphatic carbocycles. The van der Waals surface area contributed by atoms with Gasteiger partial charge in [-0.15, -0.1) is 0 Å². The summed E-state index contributed by atoms with van der Waals surface area (Å²) in [6.07, 6.45) is 4.12. The largest absolute Gasteiger partial charge is 0.340 e. The Morgan fingerprint density at radius 2 is 1.92 bits per heavy atom. The third-order valence-corrected chi connectivity index (χ3v) is 8.42. The molecule has 0 radical (unpaired) electrons. The molecule has 1 aromatic carbocycles. The molecule has 1 aromatic heterocycles. The van der Waals surface area contributed by atoms with Gasteiger partial charge in [-0.1, -0.05) is 19.9 Å². The fraction of sp³-hybridized carbons (Fsp3) is 0.444. The first kappa shape index (κ1) is 24.2. The highest BCUT2D eigenvalue weighted by molar-refractivity contribution is 6.07. The number of benzene rings is 1. The number of hydrogen-bond acceptors (Lipinski definition) is 5. The topological polar surface area (TPSA) is 83.5 Å². The number of nitrogens with zero attached hydrogens (tertiary/aromatic N) is 4. The molecule has 1 saturated carbocycles. The quantitative estimate of drug-likeness (QED) is 0.572. The van der Waals surface area contributed by atoms with E-state index in [0.29, 0.717) is 13.1 Å². The average Bonchev–Trinajstić information content (AvgIpc) is 3.19. The first-order valence-electron chi connectivity index (χ1n) is 12.2. The summed E-state index contributed by atoms with van der Waals surface area (Å²) >= 11 is 0. The van der Waals surface area contributed by atoms with E-state index < -0.39 is 23.0 Å². The minimum atomic E-state index is -0.688. The van der Waals surface area contributed by atoms with Crippen molar-refractivity contribution in [3.63, 3.8) is 0 Å². The number of rotatable bonds is 6. The molecule has 7 nitrogen and oxygen atoms in total. The van der Waals surface area contributed by atoms with Gasteiger partial charge in [0.05, 0.1) is 23.4 Å². The second-order valence-electron chi connectivity index (χ2n) is 10.4. The molecule has 1 fully saturated rings. The fourth-order valence-corrected chi connectivity index (χ4v) is 6.30. The zero-order chi connectivity index (χ0) is 25.8. The number of allylic oxidation sites excluding steroid dienone is 1. The predicted octanol–water partition coefficient (Wildman–Crippen LogP) is 3.74. The van der Waals surface area contributed by atoms with Crippen molar-refractivity contribution in [3.8, 4) is 11.3 Å². The average molecular weight is 495 g/mol. The molecule has 0 unspecified atom stereocenters. The van der Waals surface area contributed by atoms with Crippen molar-refractivity contribution in [1.82, 2.24) is 20.0 Å². The van der Waals surface area contributed by atoms with Crippen LogP contribution in [0.25, 0.3) is 11.3 Å². The number of halogens is 2. The number of hydrogen-bond donors (Lipinski definition) is 0. The normalized spacial score (nSPS) is 23.8. The Kier molecular flexibility index (Phi) is 5.76. The Bertz CT molecular complexity index is 1290. The zero-order valence-electron chi connectivity index (χ0n) is 20.6. The van der Waals surface area contributed by atoms with Crippen LogP contribution >= 0.6 is 0 Å². The number of aromatic nitrogens is 2. The Balaban J connectivity index is 1.47. The molecular formula is C27H28F2N4O3. The molecule has 9 heteroatoms. The van der Waals surface area contributed by atoms with Gasteiger partial charge >= 0.3 is 0 Å². The molecule has 2 heterocycles. The molecule has 188 valence electrons. The van der Waals surface area contributed by atoms with Crippen LogP contribution in [0.15, 0.2) is 36.5 Å². The number of amides is 2. The van der Waals surface area contributed by atoms with Crippen LogP contribution in [0.3, 0.4) is 0 Å². The predicted molar refractivity (Wildman–Crippen MR) is 128 cm³/mol.